The van der Waals surface area contributed by atoms with Crippen LogP contribution in [0.4, 0.5) is 0 Å². The Bertz CT molecular complexity index is 878. The van der Waals surface area contributed by atoms with Crippen LogP contribution >= 0.6 is 0 Å². The standard InChI is InChI=1S/C23H31N3O3/c1-4-20-24-17(2)21(29-20)22(27)26-12-10-23(16-26)9-6-11-25(15-23)14-18-7-5-8-19(13-18)28-3/h5,7-8,13H,4,6,9-12,14-16H2,1-3H3. The SMILES string of the molecule is CCc1nc(C)c(C(=O)N2CCC3(CCCN(Cc4cccc(OC)c4)C3)C2)o1. The van der Waals surface area contributed by atoms with E-state index in [1.54, 1.807) is 7.11 Å². The van der Waals surface area contributed by atoms with Gasteiger partial charge in [-0.05, 0) is 50.4 Å². The van der Waals surface area contributed by atoms with Gasteiger partial charge in [0.2, 0.25) is 5.76 Å². The Kier molecular flexibility index (Phi) is 5.63. The second-order valence-corrected chi connectivity index (χ2v) is 8.52. The first-order valence-corrected chi connectivity index (χ1v) is 10.6. The Balaban J connectivity index is 1.42. The summed E-state index contributed by atoms with van der Waals surface area (Å²) in [5.74, 6) is 1.96. The third kappa shape index (κ3) is 4.17. The molecule has 1 amide bonds. The summed E-state index contributed by atoms with van der Waals surface area (Å²) in [4.78, 5) is 21.9. The summed E-state index contributed by atoms with van der Waals surface area (Å²) in [5.41, 5.74) is 2.17. The molecule has 2 fully saturated rings. The lowest BCUT2D eigenvalue weighted by Crippen LogP contribution is -2.45. The quantitative estimate of drug-likeness (QED) is 0.770. The van der Waals surface area contributed by atoms with E-state index in [9.17, 15) is 4.79 Å². The number of hydrogen-bond acceptors (Lipinski definition) is 5. The number of carbonyl (C=O) groups is 1. The predicted octanol–water partition coefficient (Wildman–Crippen LogP) is 3.68. The number of hydrogen-bond donors (Lipinski definition) is 0. The molecule has 1 aromatic carbocycles. The largest absolute Gasteiger partial charge is 0.497 e. The van der Waals surface area contributed by atoms with E-state index in [4.69, 9.17) is 9.15 Å². The van der Waals surface area contributed by atoms with E-state index >= 15 is 0 Å². The van der Waals surface area contributed by atoms with Gasteiger partial charge in [0.1, 0.15) is 5.75 Å². The number of benzene rings is 1. The lowest BCUT2D eigenvalue weighted by molar-refractivity contribution is 0.0649. The highest BCUT2D eigenvalue weighted by Crippen LogP contribution is 2.40. The van der Waals surface area contributed by atoms with Crippen LogP contribution in [0.2, 0.25) is 0 Å². The summed E-state index contributed by atoms with van der Waals surface area (Å²) >= 11 is 0. The minimum atomic E-state index is -0.00325. The normalized spacial score (nSPS) is 22.4. The maximum atomic E-state index is 13.0. The van der Waals surface area contributed by atoms with Gasteiger partial charge in [0, 0.05) is 38.0 Å². The predicted molar refractivity (Wildman–Crippen MR) is 111 cm³/mol. The molecule has 1 spiro atoms. The van der Waals surface area contributed by atoms with Crippen LogP contribution in [0.1, 0.15) is 53.9 Å². The molecule has 2 aliphatic rings. The number of oxazole rings is 1. The number of rotatable bonds is 5. The summed E-state index contributed by atoms with van der Waals surface area (Å²) in [6.45, 7) is 8.52. The molecule has 2 aromatic rings. The molecule has 2 aliphatic heterocycles. The zero-order valence-corrected chi connectivity index (χ0v) is 17.7. The highest BCUT2D eigenvalue weighted by molar-refractivity contribution is 5.92. The molecule has 1 atom stereocenters. The number of likely N-dealkylation sites (tertiary alicyclic amines) is 2. The number of aryl methyl sites for hydroxylation is 2. The Labute approximate surface area is 172 Å². The number of aromatic nitrogens is 1. The van der Waals surface area contributed by atoms with E-state index in [0.29, 0.717) is 23.8 Å². The minimum absolute atomic E-state index is 0.00325. The molecule has 0 N–H and O–H groups in total. The molecular weight excluding hydrogens is 366 g/mol. The van der Waals surface area contributed by atoms with Gasteiger partial charge in [-0.3, -0.25) is 9.69 Å². The van der Waals surface area contributed by atoms with Crippen molar-refractivity contribution in [3.05, 3.63) is 47.2 Å². The van der Waals surface area contributed by atoms with Crippen LogP contribution in [0.15, 0.2) is 28.7 Å². The van der Waals surface area contributed by atoms with Crippen LogP contribution in [0.5, 0.6) is 5.75 Å². The van der Waals surface area contributed by atoms with E-state index in [1.165, 1.54) is 18.4 Å². The molecule has 3 heterocycles. The molecule has 6 nitrogen and oxygen atoms in total. The van der Waals surface area contributed by atoms with Gasteiger partial charge in [0.25, 0.3) is 5.91 Å². The zero-order chi connectivity index (χ0) is 20.4. The molecule has 1 unspecified atom stereocenters. The molecule has 0 saturated carbocycles. The molecule has 6 heteroatoms. The number of methoxy groups -OCH3 is 1. The van der Waals surface area contributed by atoms with Gasteiger partial charge in [-0.25, -0.2) is 4.98 Å². The molecular formula is C23H31N3O3. The van der Waals surface area contributed by atoms with E-state index < -0.39 is 0 Å². The number of amides is 1. The fraction of sp³-hybridized carbons (Fsp3) is 0.565. The van der Waals surface area contributed by atoms with Crippen molar-refractivity contribution < 1.29 is 13.9 Å². The molecule has 1 aromatic heterocycles. The Morgan fingerprint density at radius 3 is 2.90 bits per heavy atom. The molecule has 2 saturated heterocycles. The maximum Gasteiger partial charge on any atom is 0.291 e. The second kappa shape index (κ2) is 8.19. The van der Waals surface area contributed by atoms with E-state index in [-0.39, 0.29) is 11.3 Å². The highest BCUT2D eigenvalue weighted by Gasteiger charge is 2.43. The van der Waals surface area contributed by atoms with E-state index in [2.05, 4.69) is 22.0 Å². The van der Waals surface area contributed by atoms with Gasteiger partial charge in [-0.2, -0.15) is 0 Å². The Morgan fingerprint density at radius 1 is 1.28 bits per heavy atom. The molecule has 0 bridgehead atoms. The van der Waals surface area contributed by atoms with Crippen molar-refractivity contribution in [1.29, 1.82) is 0 Å². The number of nitrogens with zero attached hydrogens (tertiary/aromatic N) is 3. The number of piperidine rings is 1. The topological polar surface area (TPSA) is 58.8 Å². The Morgan fingerprint density at radius 2 is 2.14 bits per heavy atom. The summed E-state index contributed by atoms with van der Waals surface area (Å²) in [6.07, 6.45) is 4.12. The molecule has 29 heavy (non-hydrogen) atoms. The third-order valence-corrected chi connectivity index (χ3v) is 6.34. The molecule has 4 rings (SSSR count). The van der Waals surface area contributed by atoms with Gasteiger partial charge < -0.3 is 14.1 Å². The lowest BCUT2D eigenvalue weighted by Gasteiger charge is -2.40. The molecule has 0 radical (unpaired) electrons. The summed E-state index contributed by atoms with van der Waals surface area (Å²) in [6, 6.07) is 8.31. The lowest BCUT2D eigenvalue weighted by atomic mass is 9.79. The fourth-order valence-corrected chi connectivity index (χ4v) is 4.86. The van der Waals surface area contributed by atoms with Crippen LogP contribution in [-0.2, 0) is 13.0 Å². The highest BCUT2D eigenvalue weighted by atomic mass is 16.5. The van der Waals surface area contributed by atoms with Crippen molar-refractivity contribution in [3.8, 4) is 5.75 Å². The number of ether oxygens (including phenoxy) is 1. The van der Waals surface area contributed by atoms with E-state index in [1.807, 2.05) is 30.9 Å². The smallest absolute Gasteiger partial charge is 0.291 e. The summed E-state index contributed by atoms with van der Waals surface area (Å²) in [7, 11) is 1.71. The fourth-order valence-electron chi connectivity index (χ4n) is 4.86. The van der Waals surface area contributed by atoms with Crippen molar-refractivity contribution >= 4 is 5.91 Å². The average Bonchev–Trinajstić information content (AvgIpc) is 3.31. The first kappa shape index (κ1) is 20.0. The summed E-state index contributed by atoms with van der Waals surface area (Å²) in [5, 5.41) is 0. The van der Waals surface area contributed by atoms with Gasteiger partial charge in [-0.15, -0.1) is 0 Å². The average molecular weight is 398 g/mol. The summed E-state index contributed by atoms with van der Waals surface area (Å²) < 4.78 is 11.1. The first-order chi connectivity index (χ1) is 14.0. The van der Waals surface area contributed by atoms with Gasteiger partial charge in [-0.1, -0.05) is 19.1 Å². The molecule has 0 aliphatic carbocycles. The minimum Gasteiger partial charge on any atom is -0.497 e. The molecule has 156 valence electrons. The second-order valence-electron chi connectivity index (χ2n) is 8.52. The first-order valence-electron chi connectivity index (χ1n) is 10.6. The maximum absolute atomic E-state index is 13.0. The van der Waals surface area contributed by atoms with Gasteiger partial charge in [0.15, 0.2) is 5.89 Å². The monoisotopic (exact) mass is 397 g/mol. The van der Waals surface area contributed by atoms with Crippen molar-refractivity contribution in [2.75, 3.05) is 33.3 Å². The van der Waals surface area contributed by atoms with Crippen molar-refractivity contribution in [2.24, 2.45) is 5.41 Å². The third-order valence-electron chi connectivity index (χ3n) is 6.34. The van der Waals surface area contributed by atoms with Crippen molar-refractivity contribution in [2.45, 2.75) is 46.1 Å². The van der Waals surface area contributed by atoms with Gasteiger partial charge in [0.05, 0.1) is 12.8 Å². The van der Waals surface area contributed by atoms with Crippen LogP contribution < -0.4 is 4.74 Å². The van der Waals surface area contributed by atoms with Crippen LogP contribution in [-0.4, -0.2) is 54.0 Å². The number of carbonyl (C=O) groups excluding carboxylic acids is 1. The zero-order valence-electron chi connectivity index (χ0n) is 17.7. The Hall–Kier alpha value is -2.34. The van der Waals surface area contributed by atoms with Gasteiger partial charge >= 0.3 is 0 Å². The van der Waals surface area contributed by atoms with Crippen LogP contribution in [0, 0.1) is 12.3 Å². The van der Waals surface area contributed by atoms with E-state index in [0.717, 1.165) is 44.9 Å². The van der Waals surface area contributed by atoms with Crippen molar-refractivity contribution in [1.82, 2.24) is 14.8 Å². The van der Waals surface area contributed by atoms with Crippen LogP contribution in [0.25, 0.3) is 0 Å². The van der Waals surface area contributed by atoms with Crippen molar-refractivity contribution in [3.63, 3.8) is 0 Å². The van der Waals surface area contributed by atoms with Crippen LogP contribution in [0.3, 0.4) is 0 Å².